The van der Waals surface area contributed by atoms with Gasteiger partial charge in [0.25, 0.3) is 0 Å². The molecule has 1 aromatic heterocycles. The average Bonchev–Trinajstić information content (AvgIpc) is 3.31. The minimum absolute atomic E-state index is 0.183. The summed E-state index contributed by atoms with van der Waals surface area (Å²) in [5.74, 6) is 1.50. The lowest BCUT2D eigenvalue weighted by molar-refractivity contribution is -0.122. The Morgan fingerprint density at radius 1 is 1.37 bits per heavy atom. The lowest BCUT2D eigenvalue weighted by Gasteiger charge is -2.31. The van der Waals surface area contributed by atoms with E-state index < -0.39 is 0 Å². The third-order valence-corrected chi connectivity index (χ3v) is 5.73. The normalized spacial score (nSPS) is 21.8. The van der Waals surface area contributed by atoms with Crippen molar-refractivity contribution in [2.24, 2.45) is 11.8 Å². The number of carbonyl (C=O) groups excluding carboxylic acids is 1. The van der Waals surface area contributed by atoms with E-state index in [1.165, 1.54) is 24.2 Å². The average molecular weight is 377 g/mol. The minimum Gasteiger partial charge on any atom is -0.376 e. The van der Waals surface area contributed by atoms with Gasteiger partial charge in [-0.05, 0) is 69.5 Å². The smallest absolute Gasteiger partial charge is 0.220 e. The first-order valence-electron chi connectivity index (χ1n) is 10.7. The molecule has 0 aliphatic carbocycles. The Morgan fingerprint density at radius 3 is 2.89 bits per heavy atom. The second kappa shape index (κ2) is 10.2. The van der Waals surface area contributed by atoms with Crippen LogP contribution < -0.4 is 5.32 Å². The molecule has 2 N–H and O–H groups in total. The van der Waals surface area contributed by atoms with Crippen LogP contribution >= 0.6 is 0 Å². The Labute approximate surface area is 163 Å². The van der Waals surface area contributed by atoms with Gasteiger partial charge in [0, 0.05) is 31.8 Å². The maximum absolute atomic E-state index is 12.0. The van der Waals surface area contributed by atoms with Crippen LogP contribution in [0.15, 0.2) is 6.07 Å². The zero-order valence-electron chi connectivity index (χ0n) is 17.0. The van der Waals surface area contributed by atoms with E-state index in [9.17, 15) is 4.79 Å². The van der Waals surface area contributed by atoms with E-state index in [0.717, 1.165) is 51.9 Å². The molecule has 0 spiro atoms. The van der Waals surface area contributed by atoms with Crippen molar-refractivity contribution in [2.45, 2.75) is 71.4 Å². The zero-order chi connectivity index (χ0) is 19.1. The van der Waals surface area contributed by atoms with E-state index in [0.29, 0.717) is 24.8 Å². The van der Waals surface area contributed by atoms with Crippen molar-refractivity contribution in [2.75, 3.05) is 26.2 Å². The molecule has 0 radical (unpaired) electrons. The lowest BCUT2D eigenvalue weighted by atomic mass is 9.92. The SMILES string of the molecule is CC(C)Cc1cc(CN2CCC(CCC(=O)NCC3CCCO3)CC2)[nH]n1. The molecule has 3 rings (SSSR count). The number of nitrogens with one attached hydrogen (secondary N) is 2. The van der Waals surface area contributed by atoms with Crippen LogP contribution in [-0.2, 0) is 22.5 Å². The Bertz CT molecular complexity index is 572. The number of ether oxygens (including phenoxy) is 1. The number of piperidine rings is 1. The van der Waals surface area contributed by atoms with Gasteiger partial charge in [-0.15, -0.1) is 0 Å². The predicted molar refractivity (Wildman–Crippen MR) is 106 cm³/mol. The second-order valence-corrected chi connectivity index (χ2v) is 8.68. The van der Waals surface area contributed by atoms with Gasteiger partial charge >= 0.3 is 0 Å². The molecule has 0 bridgehead atoms. The highest BCUT2D eigenvalue weighted by Gasteiger charge is 2.21. The number of rotatable bonds is 9. The number of H-pyrrole nitrogens is 1. The van der Waals surface area contributed by atoms with Gasteiger partial charge in [0.05, 0.1) is 11.8 Å². The van der Waals surface area contributed by atoms with Gasteiger partial charge in [-0.25, -0.2) is 0 Å². The van der Waals surface area contributed by atoms with Crippen molar-refractivity contribution in [3.63, 3.8) is 0 Å². The standard InChI is InChI=1S/C21H36N4O2/c1-16(2)12-18-13-19(24-23-18)15-25-9-7-17(8-10-25)5-6-21(26)22-14-20-4-3-11-27-20/h13,16-17,20H,3-12,14-15H2,1-2H3,(H,22,26)(H,23,24). The van der Waals surface area contributed by atoms with Crippen molar-refractivity contribution < 1.29 is 9.53 Å². The van der Waals surface area contributed by atoms with Crippen molar-refractivity contribution in [1.82, 2.24) is 20.4 Å². The summed E-state index contributed by atoms with van der Waals surface area (Å²) in [5.41, 5.74) is 2.39. The molecule has 6 nitrogen and oxygen atoms in total. The van der Waals surface area contributed by atoms with Gasteiger partial charge in [0.15, 0.2) is 0 Å². The fourth-order valence-corrected chi connectivity index (χ4v) is 4.14. The first-order valence-corrected chi connectivity index (χ1v) is 10.7. The molecule has 0 saturated carbocycles. The molecule has 27 heavy (non-hydrogen) atoms. The molecule has 1 amide bonds. The van der Waals surface area contributed by atoms with E-state index in [4.69, 9.17) is 4.74 Å². The molecule has 2 fully saturated rings. The van der Waals surface area contributed by atoms with Gasteiger partial charge in [-0.1, -0.05) is 13.8 Å². The molecular weight excluding hydrogens is 340 g/mol. The number of hydrogen-bond donors (Lipinski definition) is 2. The van der Waals surface area contributed by atoms with Gasteiger partial charge in [-0.3, -0.25) is 14.8 Å². The maximum atomic E-state index is 12.0. The van der Waals surface area contributed by atoms with Crippen LogP contribution in [0.1, 0.15) is 63.8 Å². The van der Waals surface area contributed by atoms with Gasteiger partial charge in [-0.2, -0.15) is 5.10 Å². The summed E-state index contributed by atoms with van der Waals surface area (Å²) < 4.78 is 5.55. The van der Waals surface area contributed by atoms with Crippen LogP contribution in [0.2, 0.25) is 0 Å². The Hall–Kier alpha value is -1.40. The Morgan fingerprint density at radius 2 is 2.19 bits per heavy atom. The topological polar surface area (TPSA) is 70.2 Å². The van der Waals surface area contributed by atoms with Crippen LogP contribution in [0, 0.1) is 11.8 Å². The largest absolute Gasteiger partial charge is 0.376 e. The molecule has 2 saturated heterocycles. The van der Waals surface area contributed by atoms with Crippen molar-refractivity contribution in [3.05, 3.63) is 17.5 Å². The van der Waals surface area contributed by atoms with Gasteiger partial charge in [0.2, 0.25) is 5.91 Å². The van der Waals surface area contributed by atoms with E-state index in [1.54, 1.807) is 0 Å². The molecule has 1 atom stereocenters. The minimum atomic E-state index is 0.183. The lowest BCUT2D eigenvalue weighted by Crippen LogP contribution is -2.35. The summed E-state index contributed by atoms with van der Waals surface area (Å²) in [6.45, 7) is 9.15. The number of amides is 1. The molecule has 0 aromatic carbocycles. The Balaban J connectivity index is 1.29. The summed E-state index contributed by atoms with van der Waals surface area (Å²) in [4.78, 5) is 14.5. The number of nitrogens with zero attached hydrogens (tertiary/aromatic N) is 2. The number of carbonyl (C=O) groups is 1. The van der Waals surface area contributed by atoms with Gasteiger partial charge in [0.1, 0.15) is 0 Å². The fourth-order valence-electron chi connectivity index (χ4n) is 4.14. The molecule has 2 aliphatic heterocycles. The van der Waals surface area contributed by atoms with Crippen LogP contribution in [0.3, 0.4) is 0 Å². The van der Waals surface area contributed by atoms with Crippen LogP contribution in [0.4, 0.5) is 0 Å². The van der Waals surface area contributed by atoms with Crippen LogP contribution in [-0.4, -0.2) is 53.3 Å². The van der Waals surface area contributed by atoms with Crippen LogP contribution in [0.25, 0.3) is 0 Å². The number of aromatic nitrogens is 2. The van der Waals surface area contributed by atoms with Crippen LogP contribution in [0.5, 0.6) is 0 Å². The predicted octanol–water partition coefficient (Wildman–Crippen LogP) is 2.90. The summed E-state index contributed by atoms with van der Waals surface area (Å²) in [7, 11) is 0. The fraction of sp³-hybridized carbons (Fsp3) is 0.810. The van der Waals surface area contributed by atoms with E-state index in [1.807, 2.05) is 0 Å². The maximum Gasteiger partial charge on any atom is 0.220 e. The molecule has 6 heteroatoms. The highest BCUT2D eigenvalue weighted by Crippen LogP contribution is 2.23. The quantitative estimate of drug-likeness (QED) is 0.695. The molecular formula is C21H36N4O2. The zero-order valence-corrected chi connectivity index (χ0v) is 17.0. The van der Waals surface area contributed by atoms with E-state index in [-0.39, 0.29) is 12.0 Å². The first-order chi connectivity index (χ1) is 13.1. The monoisotopic (exact) mass is 376 g/mol. The Kier molecular flexibility index (Phi) is 7.70. The first kappa shape index (κ1) is 20.3. The summed E-state index contributed by atoms with van der Waals surface area (Å²) in [6, 6.07) is 2.21. The number of likely N-dealkylation sites (tertiary alicyclic amines) is 1. The van der Waals surface area contributed by atoms with E-state index >= 15 is 0 Å². The van der Waals surface area contributed by atoms with E-state index in [2.05, 4.69) is 40.3 Å². The van der Waals surface area contributed by atoms with Gasteiger partial charge < -0.3 is 10.1 Å². The van der Waals surface area contributed by atoms with Crippen molar-refractivity contribution in [1.29, 1.82) is 0 Å². The second-order valence-electron chi connectivity index (χ2n) is 8.68. The molecule has 1 aromatic rings. The third kappa shape index (κ3) is 6.92. The molecule has 2 aliphatic rings. The highest BCUT2D eigenvalue weighted by atomic mass is 16.5. The van der Waals surface area contributed by atoms with Crippen molar-refractivity contribution >= 4 is 5.91 Å². The summed E-state index contributed by atoms with van der Waals surface area (Å²) in [6.07, 6.45) is 7.50. The summed E-state index contributed by atoms with van der Waals surface area (Å²) in [5, 5.41) is 10.7. The third-order valence-electron chi connectivity index (χ3n) is 5.73. The number of hydrogen-bond acceptors (Lipinski definition) is 4. The molecule has 1 unspecified atom stereocenters. The summed E-state index contributed by atoms with van der Waals surface area (Å²) >= 11 is 0. The molecule has 152 valence electrons. The highest BCUT2D eigenvalue weighted by molar-refractivity contribution is 5.75. The van der Waals surface area contributed by atoms with Crippen molar-refractivity contribution in [3.8, 4) is 0 Å². The molecule has 3 heterocycles. The number of aromatic amines is 1.